The maximum atomic E-state index is 13.0. The van der Waals surface area contributed by atoms with Crippen molar-refractivity contribution in [3.8, 4) is 0 Å². The number of fused-ring (bicyclic) bond motifs is 1. The second-order valence-corrected chi connectivity index (χ2v) is 8.69. The molecule has 156 valence electrons. The molecule has 0 aromatic heterocycles. The van der Waals surface area contributed by atoms with Crippen LogP contribution in [-0.2, 0) is 22.7 Å². The van der Waals surface area contributed by atoms with Gasteiger partial charge in [0.05, 0.1) is 0 Å². The third-order valence-electron chi connectivity index (χ3n) is 7.06. The highest BCUT2D eigenvalue weighted by molar-refractivity contribution is 6.05. The number of nitrogens with zero attached hydrogens (tertiary/aromatic N) is 2. The third-order valence-corrected chi connectivity index (χ3v) is 7.06. The molecule has 3 amide bonds. The Hall–Kier alpha value is -2.25. The Bertz CT molecular complexity index is 831. The van der Waals surface area contributed by atoms with Gasteiger partial charge in [0.15, 0.2) is 0 Å². The number of carbonyl (C=O) groups is 3. The van der Waals surface area contributed by atoms with Gasteiger partial charge in [-0.05, 0) is 43.5 Å². The zero-order valence-electron chi connectivity index (χ0n) is 17.1. The van der Waals surface area contributed by atoms with Gasteiger partial charge in [-0.1, -0.05) is 31.4 Å². The molecule has 2 heterocycles. The van der Waals surface area contributed by atoms with Crippen molar-refractivity contribution in [3.05, 3.63) is 34.9 Å². The molecule has 1 aromatic carbocycles. The van der Waals surface area contributed by atoms with Crippen LogP contribution in [0.1, 0.15) is 66.4 Å². The smallest absolute Gasteiger partial charge is 0.255 e. The van der Waals surface area contributed by atoms with Gasteiger partial charge in [0.25, 0.3) is 5.91 Å². The lowest BCUT2D eigenvalue weighted by Gasteiger charge is -2.44. The lowest BCUT2D eigenvalue weighted by atomic mass is 9.80. The van der Waals surface area contributed by atoms with Crippen LogP contribution in [0.5, 0.6) is 0 Å². The van der Waals surface area contributed by atoms with Crippen LogP contribution >= 0.6 is 0 Å². The Morgan fingerprint density at radius 2 is 1.97 bits per heavy atom. The number of benzene rings is 1. The van der Waals surface area contributed by atoms with E-state index in [0.717, 1.165) is 30.5 Å². The summed E-state index contributed by atoms with van der Waals surface area (Å²) in [6.45, 7) is 1.79. The van der Waals surface area contributed by atoms with Crippen molar-refractivity contribution in [2.45, 2.75) is 69.6 Å². The van der Waals surface area contributed by atoms with Crippen LogP contribution in [0, 0.1) is 0 Å². The second-order valence-electron chi connectivity index (χ2n) is 8.69. The molecule has 2 aliphatic heterocycles. The average molecular weight is 399 g/mol. The Labute approximate surface area is 171 Å². The first kappa shape index (κ1) is 20.0. The monoisotopic (exact) mass is 398 g/mol. The number of piperidine rings is 1. The standard InChI is InChI=1S/C22H30N4O3/c1-25(22(14-23)10-3-2-4-11-22)12-15-6-5-7-16-17(15)13-26(21(16)29)18-8-9-19(27)24-20(18)28/h5-7,18H,2-4,8-14,23H2,1H3,(H,24,27,28). The minimum atomic E-state index is -0.577. The largest absolute Gasteiger partial charge is 0.329 e. The maximum Gasteiger partial charge on any atom is 0.255 e. The van der Waals surface area contributed by atoms with Crippen molar-refractivity contribution in [3.63, 3.8) is 0 Å². The van der Waals surface area contributed by atoms with Gasteiger partial charge in [-0.25, -0.2) is 0 Å². The number of carbonyl (C=O) groups excluding carboxylic acids is 3. The number of amides is 3. The molecule has 0 radical (unpaired) electrons. The molecular formula is C22H30N4O3. The summed E-state index contributed by atoms with van der Waals surface area (Å²) in [5.41, 5.74) is 9.01. The summed E-state index contributed by atoms with van der Waals surface area (Å²) >= 11 is 0. The minimum Gasteiger partial charge on any atom is -0.329 e. The fraction of sp³-hybridized carbons (Fsp3) is 0.591. The van der Waals surface area contributed by atoms with Crippen LogP contribution in [0.15, 0.2) is 18.2 Å². The normalized spacial score (nSPS) is 24.0. The molecule has 0 spiro atoms. The lowest BCUT2D eigenvalue weighted by molar-refractivity contribution is -0.136. The van der Waals surface area contributed by atoms with Gasteiger partial charge in [-0.15, -0.1) is 0 Å². The summed E-state index contributed by atoms with van der Waals surface area (Å²) < 4.78 is 0. The van der Waals surface area contributed by atoms with Crippen molar-refractivity contribution < 1.29 is 14.4 Å². The van der Waals surface area contributed by atoms with Crippen molar-refractivity contribution in [1.82, 2.24) is 15.1 Å². The fourth-order valence-electron chi connectivity index (χ4n) is 5.17. The van der Waals surface area contributed by atoms with E-state index >= 15 is 0 Å². The highest BCUT2D eigenvalue weighted by Gasteiger charge is 2.40. The quantitative estimate of drug-likeness (QED) is 0.734. The summed E-state index contributed by atoms with van der Waals surface area (Å²) in [6.07, 6.45) is 6.55. The van der Waals surface area contributed by atoms with Crippen LogP contribution in [0.2, 0.25) is 0 Å². The van der Waals surface area contributed by atoms with Gasteiger partial charge in [0.2, 0.25) is 11.8 Å². The number of hydrogen-bond acceptors (Lipinski definition) is 5. The number of likely N-dealkylation sites (N-methyl/N-ethyl adjacent to an activating group) is 1. The third kappa shape index (κ3) is 3.57. The van der Waals surface area contributed by atoms with E-state index in [9.17, 15) is 14.4 Å². The van der Waals surface area contributed by atoms with E-state index in [4.69, 9.17) is 5.73 Å². The van der Waals surface area contributed by atoms with Gasteiger partial charge < -0.3 is 10.6 Å². The molecule has 29 heavy (non-hydrogen) atoms. The van der Waals surface area contributed by atoms with Crippen LogP contribution in [0.25, 0.3) is 0 Å². The minimum absolute atomic E-state index is 0.0207. The molecule has 1 atom stereocenters. The maximum absolute atomic E-state index is 13.0. The topological polar surface area (TPSA) is 95.7 Å². The zero-order chi connectivity index (χ0) is 20.6. The van der Waals surface area contributed by atoms with Gasteiger partial charge in [0, 0.05) is 37.2 Å². The first-order valence-corrected chi connectivity index (χ1v) is 10.6. The summed E-state index contributed by atoms with van der Waals surface area (Å²) in [4.78, 5) is 40.7. The summed E-state index contributed by atoms with van der Waals surface area (Å²) in [5.74, 6) is -0.757. The highest BCUT2D eigenvalue weighted by atomic mass is 16.2. The van der Waals surface area contributed by atoms with E-state index in [-0.39, 0.29) is 29.7 Å². The van der Waals surface area contributed by atoms with Crippen molar-refractivity contribution in [2.75, 3.05) is 13.6 Å². The molecule has 7 heteroatoms. The van der Waals surface area contributed by atoms with Crippen molar-refractivity contribution >= 4 is 17.7 Å². The van der Waals surface area contributed by atoms with E-state index in [2.05, 4.69) is 23.3 Å². The highest BCUT2D eigenvalue weighted by Crippen LogP contribution is 2.35. The molecular weight excluding hydrogens is 368 g/mol. The predicted octanol–water partition coefficient (Wildman–Crippen LogP) is 1.54. The number of rotatable bonds is 5. The Kier molecular flexibility index (Phi) is 5.44. The Morgan fingerprint density at radius 3 is 2.66 bits per heavy atom. The molecule has 1 aromatic rings. The van der Waals surface area contributed by atoms with Crippen LogP contribution in [0.4, 0.5) is 0 Å². The summed E-state index contributed by atoms with van der Waals surface area (Å²) in [7, 11) is 2.13. The Morgan fingerprint density at radius 1 is 1.21 bits per heavy atom. The molecule has 7 nitrogen and oxygen atoms in total. The summed E-state index contributed by atoms with van der Waals surface area (Å²) in [5, 5.41) is 2.36. The molecule has 1 aliphatic carbocycles. The molecule has 4 rings (SSSR count). The molecule has 2 fully saturated rings. The van der Waals surface area contributed by atoms with Gasteiger partial charge >= 0.3 is 0 Å². The summed E-state index contributed by atoms with van der Waals surface area (Å²) in [6, 6.07) is 5.26. The fourth-order valence-corrected chi connectivity index (χ4v) is 5.17. The molecule has 0 bridgehead atoms. The van der Waals surface area contributed by atoms with Crippen LogP contribution < -0.4 is 11.1 Å². The van der Waals surface area contributed by atoms with Gasteiger partial charge in [0.1, 0.15) is 6.04 Å². The molecule has 3 aliphatic rings. The zero-order valence-corrected chi connectivity index (χ0v) is 17.1. The van der Waals surface area contributed by atoms with E-state index in [1.807, 2.05) is 12.1 Å². The van der Waals surface area contributed by atoms with Crippen molar-refractivity contribution in [2.24, 2.45) is 5.73 Å². The number of nitrogens with two attached hydrogens (primary N) is 1. The average Bonchev–Trinajstić information content (AvgIpc) is 3.06. The van der Waals surface area contributed by atoms with Crippen LogP contribution in [0.3, 0.4) is 0 Å². The first-order chi connectivity index (χ1) is 13.9. The van der Waals surface area contributed by atoms with Crippen LogP contribution in [-0.4, -0.2) is 52.7 Å². The van der Waals surface area contributed by atoms with Crippen molar-refractivity contribution in [1.29, 1.82) is 0 Å². The molecule has 3 N–H and O–H groups in total. The molecule has 1 saturated heterocycles. The Balaban J connectivity index is 1.55. The van der Waals surface area contributed by atoms with E-state index in [1.54, 1.807) is 4.90 Å². The van der Waals surface area contributed by atoms with Gasteiger partial charge in [-0.2, -0.15) is 0 Å². The van der Waals surface area contributed by atoms with E-state index in [1.165, 1.54) is 19.3 Å². The molecule has 1 unspecified atom stereocenters. The van der Waals surface area contributed by atoms with E-state index < -0.39 is 6.04 Å². The number of nitrogens with one attached hydrogen (secondary N) is 1. The predicted molar refractivity (Wildman–Crippen MR) is 109 cm³/mol. The molecule has 1 saturated carbocycles. The van der Waals surface area contributed by atoms with Gasteiger partial charge in [-0.3, -0.25) is 24.6 Å². The first-order valence-electron chi connectivity index (χ1n) is 10.6. The number of hydrogen-bond donors (Lipinski definition) is 2. The van der Waals surface area contributed by atoms with E-state index in [0.29, 0.717) is 25.1 Å². The number of imide groups is 1. The SMILES string of the molecule is CN(Cc1cccc2c1CN(C1CCC(=O)NC1=O)C2=O)C1(CN)CCCCC1. The lowest BCUT2D eigenvalue weighted by Crippen LogP contribution is -2.53. The second kappa shape index (κ2) is 7.88.